The van der Waals surface area contributed by atoms with Crippen molar-refractivity contribution in [3.63, 3.8) is 0 Å². The van der Waals surface area contributed by atoms with Crippen molar-refractivity contribution in [1.29, 1.82) is 5.26 Å². The van der Waals surface area contributed by atoms with Crippen molar-refractivity contribution in [1.82, 2.24) is 15.1 Å². The van der Waals surface area contributed by atoms with Gasteiger partial charge in [0.15, 0.2) is 0 Å². The number of halogens is 3. The van der Waals surface area contributed by atoms with Gasteiger partial charge in [0.2, 0.25) is 23.6 Å². The number of rotatable bonds is 7. The molecule has 4 amide bonds. The highest BCUT2D eigenvalue weighted by molar-refractivity contribution is 6.07. The number of hydrogen-bond donors (Lipinski definition) is 2. The number of likely N-dealkylation sites (N-methyl/N-ethyl adjacent to an activating group) is 1. The third kappa shape index (κ3) is 5.55. The molecule has 9 nitrogen and oxygen atoms in total. The standard InChI is InChI=1S/C25H30F3N5O4/c1-14(2)9-19(32(4)21(35)10-20(34)30-15(3)25(26,27)28)22(36)33-13-24(11-16(33)12-29)17-7-5-6-8-18(17)31-23(24)37/h5-8,14-16,19H,9-11,13H2,1-4H3,(H,30,34)(H,31,37)/t15?,16-,19-,24-/m0/s1. The Morgan fingerprint density at radius 2 is 1.92 bits per heavy atom. The fraction of sp³-hybridized carbons (Fsp3) is 0.560. The minimum Gasteiger partial charge on any atom is -0.344 e. The zero-order chi connectivity index (χ0) is 27.7. The van der Waals surface area contributed by atoms with Gasteiger partial charge in [-0.25, -0.2) is 0 Å². The van der Waals surface area contributed by atoms with Gasteiger partial charge in [-0.2, -0.15) is 18.4 Å². The monoisotopic (exact) mass is 521 g/mol. The van der Waals surface area contributed by atoms with E-state index in [9.17, 15) is 37.6 Å². The first-order valence-electron chi connectivity index (χ1n) is 11.9. The Morgan fingerprint density at radius 1 is 1.27 bits per heavy atom. The smallest absolute Gasteiger partial charge is 0.344 e. The van der Waals surface area contributed by atoms with Crippen molar-refractivity contribution < 1.29 is 32.3 Å². The molecule has 200 valence electrons. The Kier molecular flexibility index (Phi) is 7.86. The van der Waals surface area contributed by atoms with Crippen LogP contribution in [0.5, 0.6) is 0 Å². The quantitative estimate of drug-likeness (QED) is 0.534. The van der Waals surface area contributed by atoms with E-state index in [0.717, 1.165) is 11.8 Å². The Hall–Kier alpha value is -3.62. The van der Waals surface area contributed by atoms with Gasteiger partial charge in [0, 0.05) is 25.7 Å². The number of likely N-dealkylation sites (tertiary alicyclic amines) is 1. The predicted octanol–water partition coefficient (Wildman–Crippen LogP) is 2.33. The summed E-state index contributed by atoms with van der Waals surface area (Å²) < 4.78 is 38.3. The molecule has 0 bridgehead atoms. The molecule has 37 heavy (non-hydrogen) atoms. The number of nitrogens with one attached hydrogen (secondary N) is 2. The number of benzene rings is 1. The third-order valence-corrected chi connectivity index (χ3v) is 6.94. The second kappa shape index (κ2) is 10.4. The zero-order valence-corrected chi connectivity index (χ0v) is 21.1. The molecule has 2 aliphatic rings. The fourth-order valence-corrected chi connectivity index (χ4v) is 4.86. The zero-order valence-electron chi connectivity index (χ0n) is 21.1. The molecule has 0 saturated carbocycles. The van der Waals surface area contributed by atoms with E-state index in [4.69, 9.17) is 0 Å². The Bertz CT molecular complexity index is 1130. The molecule has 0 aromatic heterocycles. The molecule has 12 heteroatoms. The molecular formula is C25H30F3N5O4. The van der Waals surface area contributed by atoms with Crippen molar-refractivity contribution in [2.45, 2.75) is 69.8 Å². The first-order chi connectivity index (χ1) is 17.2. The summed E-state index contributed by atoms with van der Waals surface area (Å²) in [6, 6.07) is 5.00. The highest BCUT2D eigenvalue weighted by Crippen LogP contribution is 2.46. The van der Waals surface area contributed by atoms with Gasteiger partial charge in [0.1, 0.15) is 24.5 Å². The number of carbonyl (C=O) groups excluding carboxylic acids is 4. The van der Waals surface area contributed by atoms with Crippen molar-refractivity contribution >= 4 is 29.3 Å². The van der Waals surface area contributed by atoms with Gasteiger partial charge in [-0.1, -0.05) is 32.0 Å². The number of fused-ring (bicyclic) bond motifs is 2. The van der Waals surface area contributed by atoms with E-state index in [-0.39, 0.29) is 31.2 Å². The number of nitriles is 1. The van der Waals surface area contributed by atoms with E-state index in [0.29, 0.717) is 11.3 Å². The summed E-state index contributed by atoms with van der Waals surface area (Å²) in [5.74, 6) is -2.90. The van der Waals surface area contributed by atoms with Crippen LogP contribution in [0.2, 0.25) is 0 Å². The topological polar surface area (TPSA) is 123 Å². The first kappa shape index (κ1) is 28.0. The lowest BCUT2D eigenvalue weighted by Gasteiger charge is -2.33. The number of hydrogen-bond acceptors (Lipinski definition) is 5. The molecule has 3 rings (SSSR count). The molecule has 2 N–H and O–H groups in total. The molecule has 0 aliphatic carbocycles. The van der Waals surface area contributed by atoms with E-state index < -0.39 is 53.9 Å². The van der Waals surface area contributed by atoms with Crippen molar-refractivity contribution in [3.05, 3.63) is 29.8 Å². The molecule has 4 atom stereocenters. The minimum absolute atomic E-state index is 0.0624. The lowest BCUT2D eigenvalue weighted by Crippen LogP contribution is -2.52. The highest BCUT2D eigenvalue weighted by atomic mass is 19.4. The molecule has 2 aliphatic heterocycles. The lowest BCUT2D eigenvalue weighted by molar-refractivity contribution is -0.159. The van der Waals surface area contributed by atoms with Gasteiger partial charge < -0.3 is 20.4 Å². The van der Waals surface area contributed by atoms with Crippen LogP contribution in [0, 0.1) is 17.2 Å². The van der Waals surface area contributed by atoms with E-state index in [1.807, 2.05) is 13.8 Å². The number of anilines is 1. The number of alkyl halides is 3. The van der Waals surface area contributed by atoms with Crippen LogP contribution in [0.4, 0.5) is 18.9 Å². The molecule has 1 aromatic carbocycles. The highest BCUT2D eigenvalue weighted by Gasteiger charge is 2.56. The molecule has 1 aromatic rings. The van der Waals surface area contributed by atoms with Crippen LogP contribution in [-0.4, -0.2) is 71.3 Å². The van der Waals surface area contributed by atoms with Gasteiger partial charge in [0.05, 0.1) is 11.5 Å². The minimum atomic E-state index is -4.66. The number of para-hydroxylation sites is 1. The van der Waals surface area contributed by atoms with E-state index >= 15 is 0 Å². The van der Waals surface area contributed by atoms with Crippen LogP contribution >= 0.6 is 0 Å². The molecule has 1 spiro atoms. The largest absolute Gasteiger partial charge is 0.408 e. The van der Waals surface area contributed by atoms with Crippen LogP contribution in [-0.2, 0) is 24.6 Å². The second-order valence-corrected chi connectivity index (χ2v) is 10.1. The normalized spacial score (nSPS) is 22.3. The average Bonchev–Trinajstić information content (AvgIpc) is 3.34. The van der Waals surface area contributed by atoms with Crippen molar-refractivity contribution in [2.24, 2.45) is 5.92 Å². The Labute approximate surface area is 213 Å². The lowest BCUT2D eigenvalue weighted by atomic mass is 9.80. The number of carbonyl (C=O) groups is 4. The summed E-state index contributed by atoms with van der Waals surface area (Å²) in [5.41, 5.74) is 0.199. The molecule has 0 radical (unpaired) electrons. The summed E-state index contributed by atoms with van der Waals surface area (Å²) in [4.78, 5) is 54.0. The molecule has 1 unspecified atom stereocenters. The van der Waals surface area contributed by atoms with Crippen LogP contribution in [0.3, 0.4) is 0 Å². The third-order valence-electron chi connectivity index (χ3n) is 6.94. The fourth-order valence-electron chi connectivity index (χ4n) is 4.86. The average molecular weight is 522 g/mol. The van der Waals surface area contributed by atoms with Crippen LogP contribution in [0.1, 0.15) is 45.6 Å². The summed E-state index contributed by atoms with van der Waals surface area (Å²) in [6.45, 7) is 4.35. The predicted molar refractivity (Wildman–Crippen MR) is 127 cm³/mol. The SMILES string of the molecule is CC(C)C[C@@H](C(=O)N1C[C@]2(C[C@H]1C#N)C(=O)Nc1ccccc12)N(C)C(=O)CC(=O)NC(C)C(F)(F)F. The van der Waals surface area contributed by atoms with Crippen molar-refractivity contribution in [2.75, 3.05) is 18.9 Å². The summed E-state index contributed by atoms with van der Waals surface area (Å²) >= 11 is 0. The van der Waals surface area contributed by atoms with E-state index in [2.05, 4.69) is 11.4 Å². The number of amides is 4. The summed E-state index contributed by atoms with van der Waals surface area (Å²) in [5, 5.41) is 14.4. The molecular weight excluding hydrogens is 491 g/mol. The van der Waals surface area contributed by atoms with E-state index in [1.54, 1.807) is 29.6 Å². The summed E-state index contributed by atoms with van der Waals surface area (Å²) in [7, 11) is 1.30. The molecule has 1 fully saturated rings. The number of nitrogens with zero attached hydrogens (tertiary/aromatic N) is 3. The van der Waals surface area contributed by atoms with Gasteiger partial charge in [0.25, 0.3) is 0 Å². The van der Waals surface area contributed by atoms with E-state index in [1.165, 1.54) is 11.9 Å². The maximum absolute atomic E-state index is 13.7. The van der Waals surface area contributed by atoms with Crippen LogP contribution < -0.4 is 10.6 Å². The Balaban J connectivity index is 1.82. The maximum Gasteiger partial charge on any atom is 0.408 e. The van der Waals surface area contributed by atoms with Crippen LogP contribution in [0.15, 0.2) is 24.3 Å². The van der Waals surface area contributed by atoms with Gasteiger partial charge >= 0.3 is 6.18 Å². The second-order valence-electron chi connectivity index (χ2n) is 10.1. The summed E-state index contributed by atoms with van der Waals surface area (Å²) in [6.07, 6.45) is -5.27. The van der Waals surface area contributed by atoms with Crippen molar-refractivity contribution in [3.8, 4) is 6.07 Å². The van der Waals surface area contributed by atoms with Gasteiger partial charge in [-0.05, 0) is 30.9 Å². The van der Waals surface area contributed by atoms with Gasteiger partial charge in [-0.3, -0.25) is 19.2 Å². The Morgan fingerprint density at radius 3 is 2.51 bits per heavy atom. The maximum atomic E-state index is 13.7. The molecule has 1 saturated heterocycles. The van der Waals surface area contributed by atoms with Crippen LogP contribution in [0.25, 0.3) is 0 Å². The van der Waals surface area contributed by atoms with Gasteiger partial charge in [-0.15, -0.1) is 0 Å². The molecule has 2 heterocycles. The first-order valence-corrected chi connectivity index (χ1v) is 11.9.